The van der Waals surface area contributed by atoms with E-state index >= 15 is 0 Å². The van der Waals surface area contributed by atoms with Crippen LogP contribution in [0, 0.1) is 5.92 Å². The molecule has 0 saturated carbocycles. The maximum atomic E-state index is 5.58. The van der Waals surface area contributed by atoms with E-state index in [-0.39, 0.29) is 6.10 Å². The van der Waals surface area contributed by atoms with E-state index in [2.05, 4.69) is 19.0 Å². The van der Waals surface area contributed by atoms with Crippen molar-refractivity contribution in [2.24, 2.45) is 11.1 Å². The van der Waals surface area contributed by atoms with Crippen molar-refractivity contribution < 1.29 is 4.84 Å². The van der Waals surface area contributed by atoms with Crippen LogP contribution in [0.1, 0.15) is 20.3 Å². The van der Waals surface area contributed by atoms with E-state index in [1.54, 1.807) is 0 Å². The number of oxime groups is 1. The highest BCUT2D eigenvalue weighted by molar-refractivity contribution is 6.18. The zero-order valence-electron chi connectivity index (χ0n) is 6.30. The Hall–Kier alpha value is -0.240. The number of nitrogens with zero attached hydrogens (tertiary/aromatic N) is 1. The Morgan fingerprint density at radius 1 is 1.80 bits per heavy atom. The first-order valence-electron chi connectivity index (χ1n) is 3.52. The first-order chi connectivity index (χ1) is 4.74. The van der Waals surface area contributed by atoms with Gasteiger partial charge >= 0.3 is 0 Å². The topological polar surface area (TPSA) is 21.6 Å². The van der Waals surface area contributed by atoms with Crippen LogP contribution in [0.2, 0.25) is 0 Å². The fourth-order valence-corrected chi connectivity index (χ4v) is 1.04. The van der Waals surface area contributed by atoms with Crippen LogP contribution in [0.15, 0.2) is 5.16 Å². The molecule has 58 valence electrons. The second kappa shape index (κ2) is 3.24. The standard InChI is InChI=1S/C7H12ClNO/c1-5(2)7-3-6(4-8)10-9-7/h5-6H,3-4H2,1-2H3/t6-/m1/s1. The van der Waals surface area contributed by atoms with Crippen LogP contribution < -0.4 is 0 Å². The largest absolute Gasteiger partial charge is 0.391 e. The molecule has 0 spiro atoms. The minimum Gasteiger partial charge on any atom is -0.391 e. The molecule has 1 aliphatic rings. The summed E-state index contributed by atoms with van der Waals surface area (Å²) in [5.41, 5.74) is 1.13. The molecule has 0 amide bonds. The average Bonchev–Trinajstić information content (AvgIpc) is 2.34. The van der Waals surface area contributed by atoms with Gasteiger partial charge in [0.15, 0.2) is 0 Å². The van der Waals surface area contributed by atoms with E-state index in [0.717, 1.165) is 12.1 Å². The number of alkyl halides is 1. The van der Waals surface area contributed by atoms with Gasteiger partial charge in [0.1, 0.15) is 6.10 Å². The van der Waals surface area contributed by atoms with E-state index in [9.17, 15) is 0 Å². The minimum atomic E-state index is 0.124. The van der Waals surface area contributed by atoms with Crippen LogP contribution >= 0.6 is 11.6 Å². The molecule has 0 unspecified atom stereocenters. The molecule has 0 bridgehead atoms. The molecule has 2 nitrogen and oxygen atoms in total. The average molecular weight is 162 g/mol. The zero-order valence-corrected chi connectivity index (χ0v) is 7.06. The van der Waals surface area contributed by atoms with Gasteiger partial charge < -0.3 is 4.84 Å². The summed E-state index contributed by atoms with van der Waals surface area (Å²) in [5.74, 6) is 1.04. The number of hydrogen-bond donors (Lipinski definition) is 0. The molecule has 0 N–H and O–H groups in total. The third-order valence-corrected chi connectivity index (χ3v) is 1.94. The molecule has 0 radical (unpaired) electrons. The Balaban J connectivity index is 2.39. The van der Waals surface area contributed by atoms with Gasteiger partial charge in [0.2, 0.25) is 0 Å². The van der Waals surface area contributed by atoms with Gasteiger partial charge in [-0.25, -0.2) is 0 Å². The molecule has 0 fully saturated rings. The van der Waals surface area contributed by atoms with Gasteiger partial charge in [-0.3, -0.25) is 0 Å². The summed E-state index contributed by atoms with van der Waals surface area (Å²) >= 11 is 5.58. The Labute approximate surface area is 66.2 Å². The third-order valence-electron chi connectivity index (χ3n) is 1.59. The van der Waals surface area contributed by atoms with Gasteiger partial charge in [0, 0.05) is 6.42 Å². The van der Waals surface area contributed by atoms with Gasteiger partial charge in [-0.1, -0.05) is 19.0 Å². The van der Waals surface area contributed by atoms with Crippen molar-refractivity contribution in [2.45, 2.75) is 26.4 Å². The van der Waals surface area contributed by atoms with Gasteiger partial charge in [-0.05, 0) is 5.92 Å². The van der Waals surface area contributed by atoms with Crippen LogP contribution in [0.25, 0.3) is 0 Å². The van der Waals surface area contributed by atoms with Gasteiger partial charge in [-0.15, -0.1) is 11.6 Å². The minimum absolute atomic E-state index is 0.124. The van der Waals surface area contributed by atoms with E-state index in [1.165, 1.54) is 0 Å². The lowest BCUT2D eigenvalue weighted by Gasteiger charge is -2.01. The van der Waals surface area contributed by atoms with E-state index in [1.807, 2.05) is 0 Å². The highest BCUT2D eigenvalue weighted by atomic mass is 35.5. The molecule has 1 heterocycles. The SMILES string of the molecule is CC(C)C1=NO[C@@H](CCl)C1. The van der Waals surface area contributed by atoms with Crippen LogP contribution in [0.3, 0.4) is 0 Å². The van der Waals surface area contributed by atoms with Crippen molar-refractivity contribution in [1.29, 1.82) is 0 Å². The summed E-state index contributed by atoms with van der Waals surface area (Å²) in [6.07, 6.45) is 1.03. The van der Waals surface area contributed by atoms with Crippen molar-refractivity contribution in [3.05, 3.63) is 0 Å². The molecular weight excluding hydrogens is 150 g/mol. The van der Waals surface area contributed by atoms with E-state index < -0.39 is 0 Å². The highest BCUT2D eigenvalue weighted by Crippen LogP contribution is 2.16. The Morgan fingerprint density at radius 2 is 2.50 bits per heavy atom. The van der Waals surface area contributed by atoms with Crippen molar-refractivity contribution in [2.75, 3.05) is 5.88 Å². The fraction of sp³-hybridized carbons (Fsp3) is 0.857. The van der Waals surface area contributed by atoms with Crippen molar-refractivity contribution in [3.8, 4) is 0 Å². The fourth-order valence-electron chi connectivity index (χ4n) is 0.874. The summed E-state index contributed by atoms with van der Waals surface area (Å²) in [7, 11) is 0. The number of hydrogen-bond acceptors (Lipinski definition) is 2. The molecule has 0 aromatic rings. The summed E-state index contributed by atoms with van der Waals surface area (Å²) in [4.78, 5) is 5.03. The number of rotatable bonds is 2. The van der Waals surface area contributed by atoms with Gasteiger partial charge in [0.05, 0.1) is 11.6 Å². The first-order valence-corrected chi connectivity index (χ1v) is 4.06. The smallest absolute Gasteiger partial charge is 0.146 e. The highest BCUT2D eigenvalue weighted by Gasteiger charge is 2.21. The molecule has 0 saturated heterocycles. The molecule has 0 aliphatic carbocycles. The molecule has 3 heteroatoms. The lowest BCUT2D eigenvalue weighted by Crippen LogP contribution is -2.12. The van der Waals surface area contributed by atoms with Crippen molar-refractivity contribution >= 4 is 17.3 Å². The first kappa shape index (κ1) is 7.86. The summed E-state index contributed by atoms with van der Waals surface area (Å²) < 4.78 is 0. The Kier molecular flexibility index (Phi) is 2.55. The molecule has 0 aromatic heterocycles. The summed E-state index contributed by atoms with van der Waals surface area (Å²) in [6.45, 7) is 4.22. The molecule has 1 atom stereocenters. The Bertz CT molecular complexity index is 145. The normalized spacial score (nSPS) is 24.8. The summed E-state index contributed by atoms with van der Waals surface area (Å²) in [5, 5.41) is 3.92. The lowest BCUT2D eigenvalue weighted by atomic mass is 10.0. The van der Waals surface area contributed by atoms with Crippen molar-refractivity contribution in [3.63, 3.8) is 0 Å². The van der Waals surface area contributed by atoms with Crippen LogP contribution in [-0.2, 0) is 4.84 Å². The molecule has 0 aromatic carbocycles. The second-order valence-electron chi connectivity index (χ2n) is 2.82. The van der Waals surface area contributed by atoms with Crippen LogP contribution in [0.4, 0.5) is 0 Å². The monoisotopic (exact) mass is 161 g/mol. The van der Waals surface area contributed by atoms with E-state index in [0.29, 0.717) is 11.8 Å². The number of halogens is 1. The second-order valence-corrected chi connectivity index (χ2v) is 3.13. The van der Waals surface area contributed by atoms with Gasteiger partial charge in [-0.2, -0.15) is 0 Å². The molecule has 1 aliphatic heterocycles. The zero-order chi connectivity index (χ0) is 7.56. The van der Waals surface area contributed by atoms with Gasteiger partial charge in [0.25, 0.3) is 0 Å². The summed E-state index contributed by atoms with van der Waals surface area (Å²) in [6, 6.07) is 0. The maximum Gasteiger partial charge on any atom is 0.146 e. The maximum absolute atomic E-state index is 5.58. The van der Waals surface area contributed by atoms with E-state index in [4.69, 9.17) is 16.4 Å². The van der Waals surface area contributed by atoms with Crippen molar-refractivity contribution in [1.82, 2.24) is 0 Å². The lowest BCUT2D eigenvalue weighted by molar-refractivity contribution is 0.102. The predicted octanol–water partition coefficient (Wildman–Crippen LogP) is 2.03. The molecule has 10 heavy (non-hydrogen) atoms. The predicted molar refractivity (Wildman–Crippen MR) is 42.5 cm³/mol. The molecule has 1 rings (SSSR count). The van der Waals surface area contributed by atoms with Crippen LogP contribution in [-0.4, -0.2) is 17.7 Å². The van der Waals surface area contributed by atoms with Crippen LogP contribution in [0.5, 0.6) is 0 Å². The quantitative estimate of drug-likeness (QED) is 0.568. The third kappa shape index (κ3) is 1.63. The Morgan fingerprint density at radius 3 is 2.80 bits per heavy atom. The molecular formula is C7H12ClNO.